The van der Waals surface area contributed by atoms with Crippen molar-refractivity contribution < 1.29 is 14.6 Å². The zero-order valence-electron chi connectivity index (χ0n) is 10.5. The Bertz CT molecular complexity index is 322. The van der Waals surface area contributed by atoms with Crippen molar-refractivity contribution in [3.05, 3.63) is 0 Å². The number of hydrogen-bond acceptors (Lipinski definition) is 5. The first kappa shape index (κ1) is 12.3. The highest BCUT2D eigenvalue weighted by molar-refractivity contribution is 5.82. The van der Waals surface area contributed by atoms with Crippen molar-refractivity contribution in [2.75, 3.05) is 32.8 Å². The fourth-order valence-electron chi connectivity index (χ4n) is 2.75. The third kappa shape index (κ3) is 2.51. The zero-order chi connectivity index (χ0) is 12.5. The summed E-state index contributed by atoms with van der Waals surface area (Å²) in [6, 6.07) is 0.149. The first-order chi connectivity index (χ1) is 8.75. The van der Waals surface area contributed by atoms with Crippen LogP contribution in [-0.4, -0.2) is 73.0 Å². The summed E-state index contributed by atoms with van der Waals surface area (Å²) < 4.78 is 5.43. The molecule has 3 N–H and O–H groups in total. The lowest BCUT2D eigenvalue weighted by Gasteiger charge is -2.39. The van der Waals surface area contributed by atoms with Gasteiger partial charge in [-0.05, 0) is 12.8 Å². The average Bonchev–Trinajstić information content (AvgIpc) is 3.09. The van der Waals surface area contributed by atoms with Gasteiger partial charge in [0, 0.05) is 25.7 Å². The van der Waals surface area contributed by atoms with Crippen LogP contribution in [0, 0.1) is 0 Å². The van der Waals surface area contributed by atoms with Crippen LogP contribution in [0.1, 0.15) is 12.8 Å². The molecule has 102 valence electrons. The Hall–Kier alpha value is -0.690. The minimum atomic E-state index is -0.390. The van der Waals surface area contributed by atoms with Crippen LogP contribution in [0.3, 0.4) is 0 Å². The normalized spacial score (nSPS) is 37.7. The quantitative estimate of drug-likeness (QED) is 0.560. The van der Waals surface area contributed by atoms with Gasteiger partial charge in [-0.3, -0.25) is 9.69 Å². The molecule has 0 bridgehead atoms. The summed E-state index contributed by atoms with van der Waals surface area (Å²) in [6.45, 7) is 3.14. The maximum atomic E-state index is 12.2. The highest BCUT2D eigenvalue weighted by Crippen LogP contribution is 2.21. The molecule has 3 rings (SSSR count). The molecule has 3 atom stereocenters. The zero-order valence-corrected chi connectivity index (χ0v) is 10.5. The van der Waals surface area contributed by atoms with E-state index in [1.165, 1.54) is 0 Å². The van der Waals surface area contributed by atoms with Crippen molar-refractivity contribution in [3.63, 3.8) is 0 Å². The molecule has 2 aliphatic heterocycles. The summed E-state index contributed by atoms with van der Waals surface area (Å²) in [4.78, 5) is 14.3. The minimum Gasteiger partial charge on any atom is -0.390 e. The van der Waals surface area contributed by atoms with Crippen LogP contribution in [0.2, 0.25) is 0 Å². The van der Waals surface area contributed by atoms with Gasteiger partial charge >= 0.3 is 0 Å². The molecule has 2 saturated heterocycles. The van der Waals surface area contributed by atoms with E-state index in [-0.39, 0.29) is 24.1 Å². The summed E-state index contributed by atoms with van der Waals surface area (Å²) in [6.07, 6.45) is 1.79. The number of nitrogens with one attached hydrogen (secondary N) is 2. The Labute approximate surface area is 107 Å². The Morgan fingerprint density at radius 2 is 2.22 bits per heavy atom. The van der Waals surface area contributed by atoms with E-state index >= 15 is 0 Å². The van der Waals surface area contributed by atoms with Gasteiger partial charge in [0.1, 0.15) is 6.04 Å². The molecule has 0 aromatic carbocycles. The fraction of sp³-hybridized carbons (Fsp3) is 0.917. The molecule has 0 spiro atoms. The van der Waals surface area contributed by atoms with Crippen molar-refractivity contribution in [2.45, 2.75) is 37.1 Å². The molecule has 0 aromatic rings. The SMILES string of the molecule is O=C(NC1CC1)C1COCCN1[C@H]1CNC[C@@H]1O. The van der Waals surface area contributed by atoms with Crippen LogP contribution < -0.4 is 10.6 Å². The fourth-order valence-corrected chi connectivity index (χ4v) is 2.75. The van der Waals surface area contributed by atoms with E-state index in [0.29, 0.717) is 32.3 Å². The smallest absolute Gasteiger partial charge is 0.239 e. The Morgan fingerprint density at radius 1 is 1.39 bits per heavy atom. The van der Waals surface area contributed by atoms with Crippen LogP contribution in [0.25, 0.3) is 0 Å². The molecule has 3 aliphatic rings. The molecular formula is C12H21N3O3. The number of aliphatic hydroxyl groups excluding tert-OH is 1. The minimum absolute atomic E-state index is 0.0313. The van der Waals surface area contributed by atoms with E-state index in [9.17, 15) is 9.90 Å². The van der Waals surface area contributed by atoms with Crippen molar-refractivity contribution in [1.82, 2.24) is 15.5 Å². The lowest BCUT2D eigenvalue weighted by Crippen LogP contribution is -2.60. The third-order valence-electron chi connectivity index (χ3n) is 3.97. The summed E-state index contributed by atoms with van der Waals surface area (Å²) in [5.41, 5.74) is 0. The van der Waals surface area contributed by atoms with Crippen LogP contribution >= 0.6 is 0 Å². The van der Waals surface area contributed by atoms with Crippen molar-refractivity contribution in [1.29, 1.82) is 0 Å². The van der Waals surface area contributed by atoms with E-state index in [0.717, 1.165) is 19.4 Å². The van der Waals surface area contributed by atoms with E-state index in [1.807, 2.05) is 0 Å². The summed E-state index contributed by atoms with van der Waals surface area (Å²) >= 11 is 0. The van der Waals surface area contributed by atoms with Gasteiger partial charge in [-0.15, -0.1) is 0 Å². The van der Waals surface area contributed by atoms with Gasteiger partial charge in [-0.2, -0.15) is 0 Å². The first-order valence-electron chi connectivity index (χ1n) is 6.78. The number of rotatable bonds is 3. The van der Waals surface area contributed by atoms with Crippen LogP contribution in [0.4, 0.5) is 0 Å². The maximum Gasteiger partial charge on any atom is 0.239 e. The molecule has 1 saturated carbocycles. The number of nitrogens with zero attached hydrogens (tertiary/aromatic N) is 1. The van der Waals surface area contributed by atoms with E-state index in [4.69, 9.17) is 4.74 Å². The van der Waals surface area contributed by atoms with Gasteiger partial charge in [0.25, 0.3) is 0 Å². The monoisotopic (exact) mass is 255 g/mol. The lowest BCUT2D eigenvalue weighted by molar-refractivity contribution is -0.136. The number of ether oxygens (including phenoxy) is 1. The molecule has 1 aliphatic carbocycles. The number of aliphatic hydroxyl groups is 1. The van der Waals surface area contributed by atoms with E-state index in [1.54, 1.807) is 0 Å². The first-order valence-corrected chi connectivity index (χ1v) is 6.78. The van der Waals surface area contributed by atoms with Crippen molar-refractivity contribution >= 4 is 5.91 Å². The number of carbonyl (C=O) groups excluding carboxylic acids is 1. The number of carbonyl (C=O) groups is 1. The predicted molar refractivity (Wildman–Crippen MR) is 65.1 cm³/mol. The summed E-state index contributed by atoms with van der Waals surface area (Å²) in [5.74, 6) is 0.0521. The van der Waals surface area contributed by atoms with Crippen molar-refractivity contribution in [2.24, 2.45) is 0 Å². The molecule has 2 heterocycles. The molecule has 6 heteroatoms. The second-order valence-electron chi connectivity index (χ2n) is 5.40. The van der Waals surface area contributed by atoms with E-state index in [2.05, 4.69) is 15.5 Å². The Kier molecular flexibility index (Phi) is 3.52. The number of β-amino-alcohol motifs (C(OH)–C–C–N with tert-alkyl or cyclic N) is 1. The highest BCUT2D eigenvalue weighted by Gasteiger charge is 2.40. The molecule has 18 heavy (non-hydrogen) atoms. The predicted octanol–water partition coefficient (Wildman–Crippen LogP) is -1.70. The Morgan fingerprint density at radius 3 is 2.89 bits per heavy atom. The summed E-state index contributed by atoms with van der Waals surface area (Å²) in [5, 5.41) is 16.2. The van der Waals surface area contributed by atoms with Gasteiger partial charge in [-0.25, -0.2) is 0 Å². The number of amides is 1. The molecule has 0 radical (unpaired) electrons. The average molecular weight is 255 g/mol. The second kappa shape index (κ2) is 5.13. The largest absolute Gasteiger partial charge is 0.390 e. The molecule has 3 fully saturated rings. The van der Waals surface area contributed by atoms with Gasteiger partial charge in [-0.1, -0.05) is 0 Å². The number of morpholine rings is 1. The topological polar surface area (TPSA) is 73.8 Å². The van der Waals surface area contributed by atoms with Crippen LogP contribution in [0.15, 0.2) is 0 Å². The molecule has 6 nitrogen and oxygen atoms in total. The molecule has 0 aromatic heterocycles. The van der Waals surface area contributed by atoms with Crippen molar-refractivity contribution in [3.8, 4) is 0 Å². The molecular weight excluding hydrogens is 234 g/mol. The molecule has 1 unspecified atom stereocenters. The van der Waals surface area contributed by atoms with Gasteiger partial charge in [0.2, 0.25) is 5.91 Å². The van der Waals surface area contributed by atoms with Crippen LogP contribution in [0.5, 0.6) is 0 Å². The van der Waals surface area contributed by atoms with Gasteiger partial charge in [0.05, 0.1) is 25.4 Å². The Balaban J connectivity index is 1.66. The highest BCUT2D eigenvalue weighted by atomic mass is 16.5. The maximum absolute atomic E-state index is 12.2. The molecule has 1 amide bonds. The third-order valence-corrected chi connectivity index (χ3v) is 3.97. The second-order valence-corrected chi connectivity index (χ2v) is 5.40. The standard InChI is InChI=1S/C12H21N3O3/c16-11-6-13-5-9(11)15-3-4-18-7-10(15)12(17)14-8-1-2-8/h8-11,13,16H,1-7H2,(H,14,17)/t9-,10?,11-/m0/s1. The van der Waals surface area contributed by atoms with Crippen LogP contribution in [-0.2, 0) is 9.53 Å². The number of hydrogen-bond donors (Lipinski definition) is 3. The van der Waals surface area contributed by atoms with Gasteiger partial charge < -0.3 is 20.5 Å². The van der Waals surface area contributed by atoms with E-state index < -0.39 is 0 Å². The van der Waals surface area contributed by atoms with Gasteiger partial charge in [0.15, 0.2) is 0 Å². The lowest BCUT2D eigenvalue weighted by atomic mass is 10.1. The summed E-state index contributed by atoms with van der Waals surface area (Å²) in [7, 11) is 0.